The molecule has 1 rings (SSSR count). The predicted octanol–water partition coefficient (Wildman–Crippen LogP) is 1.82. The van der Waals surface area contributed by atoms with E-state index in [-0.39, 0.29) is 11.2 Å². The van der Waals surface area contributed by atoms with Crippen LogP contribution in [0, 0.1) is 11.2 Å². The van der Waals surface area contributed by atoms with Crippen molar-refractivity contribution >= 4 is 5.91 Å². The van der Waals surface area contributed by atoms with Crippen LogP contribution < -0.4 is 11.1 Å². The smallest absolute Gasteiger partial charge is 0.235 e. The van der Waals surface area contributed by atoms with E-state index < -0.39 is 11.9 Å². The van der Waals surface area contributed by atoms with Crippen LogP contribution in [-0.4, -0.2) is 11.9 Å². The van der Waals surface area contributed by atoms with Crippen molar-refractivity contribution in [2.75, 3.05) is 0 Å². The van der Waals surface area contributed by atoms with E-state index in [9.17, 15) is 9.18 Å². The highest BCUT2D eigenvalue weighted by Gasteiger charge is 2.28. The molecule has 1 unspecified atom stereocenters. The Morgan fingerprint density at radius 1 is 1.47 bits per heavy atom. The number of carbonyl (C=O) groups is 1. The molecule has 17 heavy (non-hydrogen) atoms. The molecule has 0 heterocycles. The van der Waals surface area contributed by atoms with E-state index >= 15 is 0 Å². The first-order chi connectivity index (χ1) is 7.80. The van der Waals surface area contributed by atoms with Gasteiger partial charge in [-0.15, -0.1) is 0 Å². The van der Waals surface area contributed by atoms with Crippen LogP contribution in [0.5, 0.6) is 0 Å². The first-order valence-corrected chi connectivity index (χ1v) is 5.58. The minimum absolute atomic E-state index is 0.265. The molecule has 1 aromatic carbocycles. The number of halogens is 1. The maximum absolute atomic E-state index is 13.0. The summed E-state index contributed by atoms with van der Waals surface area (Å²) in [7, 11) is 0. The molecule has 0 aliphatic carbocycles. The van der Waals surface area contributed by atoms with Crippen molar-refractivity contribution in [2.24, 2.45) is 11.1 Å². The number of amides is 1. The van der Waals surface area contributed by atoms with E-state index in [1.54, 1.807) is 12.1 Å². The second-order valence-electron chi connectivity index (χ2n) is 5.21. The molecule has 0 aliphatic rings. The van der Waals surface area contributed by atoms with Gasteiger partial charge in [-0.1, -0.05) is 32.9 Å². The van der Waals surface area contributed by atoms with E-state index in [0.29, 0.717) is 6.54 Å². The lowest BCUT2D eigenvalue weighted by Crippen LogP contribution is -2.49. The van der Waals surface area contributed by atoms with Gasteiger partial charge in [0.15, 0.2) is 0 Å². The molecule has 3 nitrogen and oxygen atoms in total. The van der Waals surface area contributed by atoms with Crippen LogP contribution >= 0.6 is 0 Å². The van der Waals surface area contributed by atoms with Crippen molar-refractivity contribution in [2.45, 2.75) is 33.4 Å². The molecule has 3 N–H and O–H groups in total. The molecule has 0 aromatic heterocycles. The van der Waals surface area contributed by atoms with E-state index in [1.807, 2.05) is 20.8 Å². The zero-order chi connectivity index (χ0) is 13.1. The Morgan fingerprint density at radius 2 is 2.12 bits per heavy atom. The Labute approximate surface area is 101 Å². The van der Waals surface area contributed by atoms with Crippen LogP contribution in [0.25, 0.3) is 0 Å². The van der Waals surface area contributed by atoms with Gasteiger partial charge in [-0.25, -0.2) is 4.39 Å². The fraction of sp³-hybridized carbons (Fsp3) is 0.462. The number of rotatable bonds is 4. The van der Waals surface area contributed by atoms with E-state index in [1.165, 1.54) is 12.1 Å². The van der Waals surface area contributed by atoms with Gasteiger partial charge in [0.1, 0.15) is 5.82 Å². The van der Waals surface area contributed by atoms with Crippen molar-refractivity contribution < 1.29 is 9.18 Å². The lowest BCUT2D eigenvalue weighted by molar-refractivity contribution is -0.122. The fourth-order valence-corrected chi connectivity index (χ4v) is 1.70. The highest BCUT2D eigenvalue weighted by Crippen LogP contribution is 2.19. The van der Waals surface area contributed by atoms with Gasteiger partial charge in [-0.3, -0.25) is 4.79 Å². The number of carbonyl (C=O) groups excluding carboxylic acids is 1. The maximum Gasteiger partial charge on any atom is 0.235 e. The van der Waals surface area contributed by atoms with Gasteiger partial charge < -0.3 is 11.1 Å². The lowest BCUT2D eigenvalue weighted by atomic mass is 9.86. The third-order valence-electron chi connectivity index (χ3n) is 2.55. The Balaban J connectivity index is 2.68. The molecule has 4 heteroatoms. The lowest BCUT2D eigenvalue weighted by Gasteiger charge is -2.28. The minimum atomic E-state index is -0.439. The van der Waals surface area contributed by atoms with Crippen molar-refractivity contribution in [3.63, 3.8) is 0 Å². The Kier molecular flexibility index (Phi) is 4.23. The van der Waals surface area contributed by atoms with Crippen LogP contribution in [0.15, 0.2) is 24.3 Å². The van der Waals surface area contributed by atoms with Gasteiger partial charge in [-0.05, 0) is 23.1 Å². The van der Waals surface area contributed by atoms with Crippen molar-refractivity contribution in [1.82, 2.24) is 5.32 Å². The van der Waals surface area contributed by atoms with Crippen molar-refractivity contribution in [3.8, 4) is 0 Å². The standard InChI is InChI=1S/C13H19FN2O/c1-13(2,3)11(12(15)17)16-8-9-5-4-6-10(14)7-9/h4-7,11,16H,8H2,1-3H3,(H2,15,17). The summed E-state index contributed by atoms with van der Waals surface area (Å²) < 4.78 is 13.0. The molecule has 0 spiro atoms. The molecule has 1 aromatic rings. The van der Waals surface area contributed by atoms with Gasteiger partial charge in [-0.2, -0.15) is 0 Å². The molecule has 1 atom stereocenters. The van der Waals surface area contributed by atoms with E-state index in [4.69, 9.17) is 5.73 Å². The van der Waals surface area contributed by atoms with Crippen LogP contribution in [-0.2, 0) is 11.3 Å². The SMILES string of the molecule is CC(C)(C)C(NCc1cccc(F)c1)C(N)=O. The van der Waals surface area contributed by atoms with Crippen LogP contribution in [0.3, 0.4) is 0 Å². The van der Waals surface area contributed by atoms with Crippen LogP contribution in [0.4, 0.5) is 4.39 Å². The van der Waals surface area contributed by atoms with Gasteiger partial charge in [0.2, 0.25) is 5.91 Å². The maximum atomic E-state index is 13.0. The Morgan fingerprint density at radius 3 is 2.59 bits per heavy atom. The third kappa shape index (κ3) is 4.15. The molecule has 94 valence electrons. The molecule has 0 fully saturated rings. The van der Waals surface area contributed by atoms with Gasteiger partial charge in [0.05, 0.1) is 6.04 Å². The summed E-state index contributed by atoms with van der Waals surface area (Å²) in [5.74, 6) is -0.676. The summed E-state index contributed by atoms with van der Waals surface area (Å²) in [6.07, 6.45) is 0. The normalized spacial score (nSPS) is 13.4. The number of hydrogen-bond acceptors (Lipinski definition) is 2. The Hall–Kier alpha value is -1.42. The fourth-order valence-electron chi connectivity index (χ4n) is 1.70. The number of nitrogens with one attached hydrogen (secondary N) is 1. The minimum Gasteiger partial charge on any atom is -0.368 e. The second kappa shape index (κ2) is 5.27. The first-order valence-electron chi connectivity index (χ1n) is 5.58. The largest absolute Gasteiger partial charge is 0.368 e. The van der Waals surface area contributed by atoms with E-state index in [2.05, 4.69) is 5.32 Å². The monoisotopic (exact) mass is 238 g/mol. The molecule has 0 saturated carbocycles. The van der Waals surface area contributed by atoms with E-state index in [0.717, 1.165) is 5.56 Å². The summed E-state index contributed by atoms with van der Waals surface area (Å²) in [4.78, 5) is 11.3. The second-order valence-corrected chi connectivity index (χ2v) is 5.21. The summed E-state index contributed by atoms with van der Waals surface area (Å²) in [6.45, 7) is 6.21. The molecule has 0 radical (unpaired) electrons. The molecule has 0 saturated heterocycles. The summed E-state index contributed by atoms with van der Waals surface area (Å²) >= 11 is 0. The summed E-state index contributed by atoms with van der Waals surface area (Å²) in [5.41, 5.74) is 5.87. The molecule has 1 amide bonds. The van der Waals surface area contributed by atoms with Crippen molar-refractivity contribution in [1.29, 1.82) is 0 Å². The summed E-state index contributed by atoms with van der Waals surface area (Å²) in [5, 5.41) is 3.06. The molecule has 0 aliphatic heterocycles. The number of primary amides is 1. The van der Waals surface area contributed by atoms with Gasteiger partial charge in [0, 0.05) is 6.54 Å². The van der Waals surface area contributed by atoms with Crippen LogP contribution in [0.1, 0.15) is 26.3 Å². The average molecular weight is 238 g/mol. The predicted molar refractivity (Wildman–Crippen MR) is 65.7 cm³/mol. The zero-order valence-electron chi connectivity index (χ0n) is 10.5. The molecular weight excluding hydrogens is 219 g/mol. The molecular formula is C13H19FN2O. The van der Waals surface area contributed by atoms with Gasteiger partial charge in [0.25, 0.3) is 0 Å². The summed E-state index contributed by atoms with van der Waals surface area (Å²) in [6, 6.07) is 5.83. The quantitative estimate of drug-likeness (QED) is 0.840. The van der Waals surface area contributed by atoms with Gasteiger partial charge >= 0.3 is 0 Å². The number of hydrogen-bond donors (Lipinski definition) is 2. The highest BCUT2D eigenvalue weighted by atomic mass is 19.1. The average Bonchev–Trinajstić information content (AvgIpc) is 2.15. The Bertz CT molecular complexity index is 399. The first kappa shape index (κ1) is 13.6. The molecule has 0 bridgehead atoms. The number of nitrogens with two attached hydrogens (primary N) is 1. The third-order valence-corrected chi connectivity index (χ3v) is 2.55. The number of benzene rings is 1. The highest BCUT2D eigenvalue weighted by molar-refractivity contribution is 5.80. The van der Waals surface area contributed by atoms with Crippen molar-refractivity contribution in [3.05, 3.63) is 35.6 Å². The van der Waals surface area contributed by atoms with Crippen LogP contribution in [0.2, 0.25) is 0 Å². The topological polar surface area (TPSA) is 55.1 Å². The zero-order valence-corrected chi connectivity index (χ0v) is 10.5.